The number of hydrogen-bond donors (Lipinski definition) is 2. The van der Waals surface area contributed by atoms with E-state index < -0.39 is 5.97 Å². The molecule has 1 aromatic heterocycles. The number of likely N-dealkylation sites (tertiary alicyclic amines) is 1. The molecule has 1 aliphatic rings. The topological polar surface area (TPSA) is 96.2 Å². The molecule has 0 bridgehead atoms. The first-order valence-corrected chi connectivity index (χ1v) is 10.4. The van der Waals surface area contributed by atoms with Crippen LogP contribution in [0.1, 0.15) is 33.9 Å². The Morgan fingerprint density at radius 1 is 1.29 bits per heavy atom. The van der Waals surface area contributed by atoms with Crippen LogP contribution in [0.3, 0.4) is 0 Å². The number of aliphatic imine (C=N–C) groups is 1. The predicted octanol–water partition coefficient (Wildman–Crippen LogP) is 2.13. The largest absolute Gasteiger partial charge is 0.465 e. The zero-order valence-electron chi connectivity index (χ0n) is 18.3. The summed E-state index contributed by atoms with van der Waals surface area (Å²) in [5.74, 6) is 1.77. The van der Waals surface area contributed by atoms with E-state index in [4.69, 9.17) is 9.15 Å². The lowest BCUT2D eigenvalue weighted by Crippen LogP contribution is -2.40. The van der Waals surface area contributed by atoms with Crippen molar-refractivity contribution in [3.8, 4) is 0 Å². The minimum atomic E-state index is -0.419. The van der Waals surface area contributed by atoms with Crippen molar-refractivity contribution in [3.05, 3.63) is 59.0 Å². The third-order valence-corrected chi connectivity index (χ3v) is 5.39. The average Bonchev–Trinajstić information content (AvgIpc) is 3.34. The van der Waals surface area contributed by atoms with Gasteiger partial charge >= 0.3 is 5.97 Å². The van der Waals surface area contributed by atoms with Crippen molar-refractivity contribution in [1.82, 2.24) is 15.5 Å². The van der Waals surface area contributed by atoms with Gasteiger partial charge in [0.15, 0.2) is 5.96 Å². The van der Waals surface area contributed by atoms with Gasteiger partial charge in [-0.05, 0) is 25.0 Å². The van der Waals surface area contributed by atoms with E-state index in [1.807, 2.05) is 23.1 Å². The van der Waals surface area contributed by atoms with Crippen LogP contribution in [0.5, 0.6) is 0 Å². The Kier molecular flexibility index (Phi) is 7.70. The molecule has 1 aliphatic heterocycles. The summed E-state index contributed by atoms with van der Waals surface area (Å²) in [7, 11) is 3.03. The van der Waals surface area contributed by atoms with Gasteiger partial charge in [-0.2, -0.15) is 0 Å². The highest BCUT2D eigenvalue weighted by Crippen LogP contribution is 2.18. The number of benzene rings is 1. The van der Waals surface area contributed by atoms with E-state index in [1.54, 1.807) is 20.0 Å². The number of ether oxygens (including phenoxy) is 1. The zero-order chi connectivity index (χ0) is 22.2. The molecule has 2 heterocycles. The number of esters is 1. The third kappa shape index (κ3) is 6.10. The maximum Gasteiger partial charge on any atom is 0.341 e. The second kappa shape index (κ2) is 10.7. The van der Waals surface area contributed by atoms with Crippen LogP contribution in [0.2, 0.25) is 0 Å². The van der Waals surface area contributed by atoms with Crippen molar-refractivity contribution in [2.24, 2.45) is 10.9 Å². The first kappa shape index (κ1) is 22.4. The Morgan fingerprint density at radius 3 is 2.77 bits per heavy atom. The summed E-state index contributed by atoms with van der Waals surface area (Å²) in [6.07, 6.45) is 1.41. The van der Waals surface area contributed by atoms with Crippen LogP contribution in [-0.4, -0.2) is 56.5 Å². The number of furan rings is 1. The molecular formula is C23H30N4O4. The quantitative estimate of drug-likeness (QED) is 0.381. The van der Waals surface area contributed by atoms with Crippen LogP contribution in [0.15, 0.2) is 45.8 Å². The van der Waals surface area contributed by atoms with E-state index in [-0.39, 0.29) is 11.8 Å². The number of rotatable bonds is 8. The molecule has 2 aromatic rings. The van der Waals surface area contributed by atoms with Crippen molar-refractivity contribution in [1.29, 1.82) is 0 Å². The minimum Gasteiger partial charge on any atom is -0.465 e. The summed E-state index contributed by atoms with van der Waals surface area (Å²) in [5, 5.41) is 6.45. The van der Waals surface area contributed by atoms with Gasteiger partial charge < -0.3 is 24.7 Å². The van der Waals surface area contributed by atoms with Gasteiger partial charge in [-0.1, -0.05) is 30.3 Å². The van der Waals surface area contributed by atoms with Crippen LogP contribution in [0.4, 0.5) is 0 Å². The number of hydrogen-bond acceptors (Lipinski definition) is 5. The molecule has 3 rings (SSSR count). The van der Waals surface area contributed by atoms with Crippen molar-refractivity contribution < 1.29 is 18.7 Å². The molecule has 1 saturated heterocycles. The van der Waals surface area contributed by atoms with Gasteiger partial charge in [0.05, 0.1) is 13.7 Å². The van der Waals surface area contributed by atoms with E-state index in [2.05, 4.69) is 27.8 Å². The van der Waals surface area contributed by atoms with Gasteiger partial charge in [0, 0.05) is 39.0 Å². The molecule has 1 atom stereocenters. The van der Waals surface area contributed by atoms with Crippen LogP contribution >= 0.6 is 0 Å². The van der Waals surface area contributed by atoms with E-state index in [0.717, 1.165) is 19.5 Å². The first-order valence-electron chi connectivity index (χ1n) is 10.4. The molecule has 1 aromatic carbocycles. The highest BCUT2D eigenvalue weighted by Gasteiger charge is 2.29. The molecule has 31 heavy (non-hydrogen) atoms. The Hall–Kier alpha value is -3.29. The molecule has 166 valence electrons. The molecule has 8 heteroatoms. The SMILES string of the molecule is CN=C(NCc1cc(C(=O)OC)c(C)o1)NCC1CC(=O)N(CCc2ccccc2)C1. The van der Waals surface area contributed by atoms with Gasteiger partial charge in [0.1, 0.15) is 17.1 Å². The predicted molar refractivity (Wildman–Crippen MR) is 118 cm³/mol. The summed E-state index contributed by atoms with van der Waals surface area (Å²) in [6, 6.07) is 11.9. The van der Waals surface area contributed by atoms with Crippen molar-refractivity contribution in [2.45, 2.75) is 26.3 Å². The second-order valence-electron chi connectivity index (χ2n) is 7.63. The fourth-order valence-electron chi connectivity index (χ4n) is 3.69. The number of nitrogens with zero attached hydrogens (tertiary/aromatic N) is 2. The Bertz CT molecular complexity index is 923. The number of methoxy groups -OCH3 is 1. The van der Waals surface area contributed by atoms with E-state index in [0.29, 0.717) is 42.6 Å². The maximum absolute atomic E-state index is 12.3. The molecule has 1 unspecified atom stereocenters. The van der Waals surface area contributed by atoms with Crippen LogP contribution in [0.25, 0.3) is 0 Å². The summed E-state index contributed by atoms with van der Waals surface area (Å²) in [6.45, 7) is 4.24. The van der Waals surface area contributed by atoms with E-state index >= 15 is 0 Å². The lowest BCUT2D eigenvalue weighted by Gasteiger charge is -2.17. The van der Waals surface area contributed by atoms with Crippen molar-refractivity contribution in [3.63, 3.8) is 0 Å². The minimum absolute atomic E-state index is 0.201. The van der Waals surface area contributed by atoms with Crippen LogP contribution < -0.4 is 10.6 Å². The molecule has 1 fully saturated rings. The lowest BCUT2D eigenvalue weighted by molar-refractivity contribution is -0.127. The third-order valence-electron chi connectivity index (χ3n) is 5.39. The van der Waals surface area contributed by atoms with Crippen LogP contribution in [-0.2, 0) is 22.5 Å². The second-order valence-corrected chi connectivity index (χ2v) is 7.63. The Labute approximate surface area is 182 Å². The average molecular weight is 427 g/mol. The fraction of sp³-hybridized carbons (Fsp3) is 0.435. The summed E-state index contributed by atoms with van der Waals surface area (Å²) in [4.78, 5) is 30.2. The van der Waals surface area contributed by atoms with Crippen molar-refractivity contribution in [2.75, 3.05) is 33.8 Å². The highest BCUT2D eigenvalue weighted by atomic mass is 16.5. The summed E-state index contributed by atoms with van der Waals surface area (Å²) in [5.41, 5.74) is 1.66. The number of nitrogens with one attached hydrogen (secondary N) is 2. The highest BCUT2D eigenvalue weighted by molar-refractivity contribution is 5.90. The molecule has 1 amide bonds. The van der Waals surface area contributed by atoms with Gasteiger partial charge in [0.25, 0.3) is 0 Å². The lowest BCUT2D eigenvalue weighted by atomic mass is 10.1. The van der Waals surface area contributed by atoms with E-state index in [1.165, 1.54) is 12.7 Å². The Balaban J connectivity index is 1.43. The van der Waals surface area contributed by atoms with Gasteiger partial charge in [0.2, 0.25) is 5.91 Å². The maximum atomic E-state index is 12.3. The Morgan fingerprint density at radius 2 is 2.06 bits per heavy atom. The number of guanidine groups is 1. The normalized spacial score (nSPS) is 16.5. The molecule has 8 nitrogen and oxygen atoms in total. The van der Waals surface area contributed by atoms with Gasteiger partial charge in [-0.15, -0.1) is 0 Å². The van der Waals surface area contributed by atoms with Crippen molar-refractivity contribution >= 4 is 17.8 Å². The molecule has 0 saturated carbocycles. The van der Waals surface area contributed by atoms with Crippen LogP contribution in [0, 0.1) is 12.8 Å². The summed E-state index contributed by atoms with van der Waals surface area (Å²) >= 11 is 0. The number of amides is 1. The van der Waals surface area contributed by atoms with Gasteiger partial charge in [-0.3, -0.25) is 9.79 Å². The molecule has 0 spiro atoms. The number of carbonyl (C=O) groups excluding carboxylic acids is 2. The summed E-state index contributed by atoms with van der Waals surface area (Å²) < 4.78 is 10.4. The van der Waals surface area contributed by atoms with Gasteiger partial charge in [-0.25, -0.2) is 4.79 Å². The first-order chi connectivity index (χ1) is 15.0. The fourth-order valence-corrected chi connectivity index (χ4v) is 3.69. The molecule has 0 radical (unpaired) electrons. The molecule has 2 N–H and O–H groups in total. The monoisotopic (exact) mass is 426 g/mol. The number of aryl methyl sites for hydroxylation is 1. The number of carbonyl (C=O) groups is 2. The molecule has 0 aliphatic carbocycles. The zero-order valence-corrected chi connectivity index (χ0v) is 18.3. The standard InChI is InChI=1S/C23H30N4O4/c1-16-20(22(29)30-3)12-19(31-16)14-26-23(24-2)25-13-18-11-21(28)27(15-18)10-9-17-7-5-4-6-8-17/h4-8,12,18H,9-11,13-15H2,1-3H3,(H2,24,25,26). The van der Waals surface area contributed by atoms with E-state index in [9.17, 15) is 9.59 Å². The smallest absolute Gasteiger partial charge is 0.341 e. The molecular weight excluding hydrogens is 396 g/mol.